The van der Waals surface area contributed by atoms with Crippen LogP contribution in [0.1, 0.15) is 5.56 Å². The van der Waals surface area contributed by atoms with Crippen LogP contribution in [0, 0.1) is 5.82 Å². The summed E-state index contributed by atoms with van der Waals surface area (Å²) in [4.78, 5) is 26.8. The molecule has 154 valence electrons. The van der Waals surface area contributed by atoms with Crippen LogP contribution < -0.4 is 15.0 Å². The van der Waals surface area contributed by atoms with E-state index in [1.807, 2.05) is 6.26 Å². The number of pyridine rings is 1. The molecule has 0 spiro atoms. The molecule has 10 heteroatoms. The summed E-state index contributed by atoms with van der Waals surface area (Å²) < 4.78 is 27.3. The van der Waals surface area contributed by atoms with Gasteiger partial charge in [-0.3, -0.25) is 9.36 Å². The van der Waals surface area contributed by atoms with E-state index >= 15 is 0 Å². The molecule has 0 unspecified atom stereocenters. The van der Waals surface area contributed by atoms with Crippen molar-refractivity contribution in [2.45, 2.75) is 10.9 Å². The summed E-state index contributed by atoms with van der Waals surface area (Å²) in [6.45, 7) is 0.104. The Kier molecular flexibility index (Phi) is 5.69. The summed E-state index contributed by atoms with van der Waals surface area (Å²) >= 11 is 2.71. The molecule has 7 nitrogen and oxygen atoms in total. The van der Waals surface area contributed by atoms with Crippen LogP contribution in [0.15, 0.2) is 45.7 Å². The molecule has 0 saturated carbocycles. The molecule has 0 aliphatic heterocycles. The number of methoxy groups -OCH3 is 2. The number of hydrogen-bond acceptors (Lipinski definition) is 8. The third-order valence-electron chi connectivity index (χ3n) is 4.47. The lowest BCUT2D eigenvalue weighted by Gasteiger charge is -2.15. The van der Waals surface area contributed by atoms with Gasteiger partial charge in [0.05, 0.1) is 20.8 Å². The normalized spacial score (nSPS) is 11.1. The number of nitrogens with zero attached hydrogens (tertiary/aromatic N) is 4. The molecule has 0 saturated heterocycles. The minimum Gasteiger partial charge on any atom is -0.497 e. The fraction of sp³-hybridized carbons (Fsp3) is 0.200. The molecule has 0 radical (unpaired) electrons. The predicted octanol–water partition coefficient (Wildman–Crippen LogP) is 3.84. The number of fused-ring (bicyclic) bond motifs is 1. The first-order valence-corrected chi connectivity index (χ1v) is 10.9. The highest BCUT2D eigenvalue weighted by Crippen LogP contribution is 2.29. The Bertz CT molecular complexity index is 1290. The average Bonchev–Trinajstić information content (AvgIpc) is 3.20. The van der Waals surface area contributed by atoms with E-state index in [1.54, 1.807) is 25.3 Å². The van der Waals surface area contributed by atoms with Crippen molar-refractivity contribution in [2.75, 3.05) is 20.5 Å². The van der Waals surface area contributed by atoms with Gasteiger partial charge in [-0.1, -0.05) is 23.1 Å². The molecule has 0 aliphatic rings. The molecule has 3 aromatic heterocycles. The van der Waals surface area contributed by atoms with Crippen molar-refractivity contribution in [1.29, 1.82) is 0 Å². The van der Waals surface area contributed by atoms with Crippen molar-refractivity contribution < 1.29 is 13.9 Å². The zero-order valence-corrected chi connectivity index (χ0v) is 18.0. The zero-order valence-electron chi connectivity index (χ0n) is 16.4. The second-order valence-electron chi connectivity index (χ2n) is 6.18. The summed E-state index contributed by atoms with van der Waals surface area (Å²) in [7, 11) is 3.09. The maximum absolute atomic E-state index is 14.6. The number of rotatable bonds is 6. The summed E-state index contributed by atoms with van der Waals surface area (Å²) in [6, 6.07) is 8.07. The topological polar surface area (TPSA) is 79.1 Å². The van der Waals surface area contributed by atoms with E-state index in [0.717, 1.165) is 0 Å². The zero-order chi connectivity index (χ0) is 21.3. The van der Waals surface area contributed by atoms with E-state index in [2.05, 4.69) is 15.0 Å². The monoisotopic (exact) mass is 444 g/mol. The van der Waals surface area contributed by atoms with Crippen LogP contribution >= 0.6 is 23.1 Å². The Labute approximate surface area is 179 Å². The Balaban J connectivity index is 1.96. The lowest BCUT2D eigenvalue weighted by atomic mass is 10.1. The SMILES string of the molecule is COc1ccc(Cn2c(-c3ncccc3F)nc3sc(SC)nc3c2=O)c(OC)c1. The van der Waals surface area contributed by atoms with E-state index in [9.17, 15) is 9.18 Å². The standard InChI is InChI=1S/C20H17FN4O3S2/c1-27-12-7-6-11(14(9-12)28-2)10-25-17(15-13(21)5-4-8-22-15)24-18-16(19(25)26)23-20(29-3)30-18/h4-9H,10H2,1-3H3. The van der Waals surface area contributed by atoms with Crippen LogP contribution in [-0.2, 0) is 6.54 Å². The van der Waals surface area contributed by atoms with Crippen molar-refractivity contribution >= 4 is 33.4 Å². The van der Waals surface area contributed by atoms with Gasteiger partial charge in [0, 0.05) is 17.8 Å². The molecule has 4 rings (SSSR count). The van der Waals surface area contributed by atoms with Gasteiger partial charge in [0.25, 0.3) is 5.56 Å². The van der Waals surface area contributed by atoms with Gasteiger partial charge >= 0.3 is 0 Å². The van der Waals surface area contributed by atoms with Gasteiger partial charge in [0.1, 0.15) is 17.2 Å². The van der Waals surface area contributed by atoms with Crippen LogP contribution in [0.2, 0.25) is 0 Å². The Morgan fingerprint density at radius 1 is 1.20 bits per heavy atom. The minimum absolute atomic E-state index is 0.00285. The maximum atomic E-state index is 14.6. The molecule has 0 N–H and O–H groups in total. The fourth-order valence-corrected chi connectivity index (χ4v) is 4.42. The number of benzene rings is 1. The molecule has 30 heavy (non-hydrogen) atoms. The first-order chi connectivity index (χ1) is 14.5. The van der Waals surface area contributed by atoms with E-state index in [4.69, 9.17) is 9.47 Å². The van der Waals surface area contributed by atoms with Crippen LogP contribution in [0.3, 0.4) is 0 Å². The summed E-state index contributed by atoms with van der Waals surface area (Å²) in [6.07, 6.45) is 3.34. The van der Waals surface area contributed by atoms with Crippen LogP contribution in [0.5, 0.6) is 11.5 Å². The molecule has 1 aromatic carbocycles. The Hall–Kier alpha value is -2.98. The third kappa shape index (κ3) is 3.63. The van der Waals surface area contributed by atoms with Crippen molar-refractivity contribution in [2.24, 2.45) is 0 Å². The van der Waals surface area contributed by atoms with Crippen molar-refractivity contribution in [1.82, 2.24) is 19.5 Å². The van der Waals surface area contributed by atoms with Gasteiger partial charge in [-0.15, -0.1) is 0 Å². The predicted molar refractivity (Wildman–Crippen MR) is 115 cm³/mol. The first-order valence-electron chi connectivity index (χ1n) is 8.83. The van der Waals surface area contributed by atoms with Gasteiger partial charge in [-0.05, 0) is 30.5 Å². The van der Waals surface area contributed by atoms with Gasteiger partial charge in [0.15, 0.2) is 26.3 Å². The number of thioether (sulfide) groups is 1. The highest BCUT2D eigenvalue weighted by atomic mass is 32.2. The Morgan fingerprint density at radius 3 is 2.73 bits per heavy atom. The van der Waals surface area contributed by atoms with Crippen molar-refractivity contribution in [3.8, 4) is 23.0 Å². The third-order valence-corrected chi connectivity index (χ3v) is 6.40. The molecule has 0 amide bonds. The second kappa shape index (κ2) is 8.41. The number of aromatic nitrogens is 4. The average molecular weight is 445 g/mol. The molecule has 0 fully saturated rings. The van der Waals surface area contributed by atoms with E-state index < -0.39 is 5.82 Å². The lowest BCUT2D eigenvalue weighted by molar-refractivity contribution is 0.390. The van der Waals surface area contributed by atoms with E-state index in [1.165, 1.54) is 53.1 Å². The molecule has 3 heterocycles. The van der Waals surface area contributed by atoms with Gasteiger partial charge in [-0.25, -0.2) is 19.3 Å². The summed E-state index contributed by atoms with van der Waals surface area (Å²) in [5.74, 6) is 0.738. The molecular formula is C20H17FN4O3S2. The molecule has 4 aromatic rings. The summed E-state index contributed by atoms with van der Waals surface area (Å²) in [5, 5.41) is 0. The lowest BCUT2D eigenvalue weighted by Crippen LogP contribution is -2.25. The van der Waals surface area contributed by atoms with Crippen LogP contribution in [-0.4, -0.2) is 40.0 Å². The number of halogens is 1. The quantitative estimate of drug-likeness (QED) is 0.418. The molecule has 0 aliphatic carbocycles. The number of hydrogen-bond donors (Lipinski definition) is 0. The van der Waals surface area contributed by atoms with Gasteiger partial charge in [0.2, 0.25) is 0 Å². The second-order valence-corrected chi connectivity index (χ2v) is 8.21. The smallest absolute Gasteiger partial charge is 0.281 e. The van der Waals surface area contributed by atoms with E-state index in [-0.39, 0.29) is 29.1 Å². The van der Waals surface area contributed by atoms with Gasteiger partial charge < -0.3 is 9.47 Å². The highest BCUT2D eigenvalue weighted by Gasteiger charge is 2.21. The first kappa shape index (κ1) is 20.3. The van der Waals surface area contributed by atoms with Gasteiger partial charge in [-0.2, -0.15) is 0 Å². The largest absolute Gasteiger partial charge is 0.497 e. The molecule has 0 bridgehead atoms. The molecule has 0 atom stereocenters. The van der Waals surface area contributed by atoms with E-state index in [0.29, 0.717) is 26.2 Å². The van der Waals surface area contributed by atoms with Crippen LogP contribution in [0.4, 0.5) is 4.39 Å². The fourth-order valence-electron chi connectivity index (χ4n) is 3.01. The highest BCUT2D eigenvalue weighted by molar-refractivity contribution is 8.00. The number of ether oxygens (including phenoxy) is 2. The summed E-state index contributed by atoms with van der Waals surface area (Å²) in [5.41, 5.74) is 0.592. The van der Waals surface area contributed by atoms with Crippen molar-refractivity contribution in [3.63, 3.8) is 0 Å². The minimum atomic E-state index is -0.561. The number of thiazole rings is 1. The van der Waals surface area contributed by atoms with Crippen molar-refractivity contribution in [3.05, 3.63) is 58.3 Å². The maximum Gasteiger partial charge on any atom is 0.281 e. The Morgan fingerprint density at radius 2 is 2.03 bits per heavy atom. The molecular weight excluding hydrogens is 427 g/mol. The van der Waals surface area contributed by atoms with Crippen LogP contribution in [0.25, 0.3) is 21.9 Å².